The highest BCUT2D eigenvalue weighted by molar-refractivity contribution is 7.98. The summed E-state index contributed by atoms with van der Waals surface area (Å²) in [6, 6.07) is 5.31. The van der Waals surface area contributed by atoms with Gasteiger partial charge in [-0.25, -0.2) is 14.4 Å². The van der Waals surface area contributed by atoms with Crippen molar-refractivity contribution in [2.75, 3.05) is 0 Å². The zero-order valence-electron chi connectivity index (χ0n) is 11.9. The van der Waals surface area contributed by atoms with Crippen molar-refractivity contribution < 1.29 is 4.39 Å². The Hall–Kier alpha value is -1.46. The number of benzene rings is 1. The fourth-order valence-electron chi connectivity index (χ4n) is 1.85. The number of nitrogens with zero attached hydrogens (tertiary/aromatic N) is 2. The van der Waals surface area contributed by atoms with E-state index in [0.29, 0.717) is 22.0 Å². The molecule has 1 aromatic carbocycles. The Morgan fingerprint density at radius 2 is 1.70 bits per heavy atom. The predicted octanol–water partition coefficient (Wildman–Crippen LogP) is 3.29. The van der Waals surface area contributed by atoms with Gasteiger partial charge in [0.1, 0.15) is 5.82 Å². The van der Waals surface area contributed by atoms with Crippen LogP contribution in [-0.4, -0.2) is 9.97 Å². The Morgan fingerprint density at radius 3 is 2.30 bits per heavy atom. The molecule has 3 nitrogen and oxygen atoms in total. The highest BCUT2D eigenvalue weighted by Gasteiger charge is 2.09. The average Bonchev–Trinajstić information content (AvgIpc) is 2.43. The molecule has 1 heterocycles. The molecule has 2 aromatic rings. The van der Waals surface area contributed by atoms with Crippen molar-refractivity contribution in [2.45, 2.75) is 38.2 Å². The zero-order valence-corrected chi connectivity index (χ0v) is 12.7. The van der Waals surface area contributed by atoms with Crippen molar-refractivity contribution in [3.8, 4) is 0 Å². The lowest BCUT2D eigenvalue weighted by Gasteiger charge is -2.08. The molecule has 0 spiro atoms. The van der Waals surface area contributed by atoms with Crippen LogP contribution in [-0.2, 0) is 12.3 Å². The van der Waals surface area contributed by atoms with E-state index >= 15 is 0 Å². The molecule has 0 bridgehead atoms. The molecule has 5 heteroatoms. The van der Waals surface area contributed by atoms with E-state index in [1.54, 1.807) is 12.1 Å². The topological polar surface area (TPSA) is 51.8 Å². The van der Waals surface area contributed by atoms with Crippen LogP contribution in [0.1, 0.15) is 28.1 Å². The molecular weight excluding hydrogens is 273 g/mol. The Kier molecular flexibility index (Phi) is 4.73. The summed E-state index contributed by atoms with van der Waals surface area (Å²) >= 11 is 1.44. The van der Waals surface area contributed by atoms with Gasteiger partial charge in [0.05, 0.1) is 0 Å². The monoisotopic (exact) mass is 291 g/mol. The van der Waals surface area contributed by atoms with Gasteiger partial charge in [0.2, 0.25) is 0 Å². The SMILES string of the molecule is Cc1nc(SCc2cccc(CN)c2F)nc(C)c1C. The number of halogens is 1. The summed E-state index contributed by atoms with van der Waals surface area (Å²) in [7, 11) is 0. The molecule has 2 N–H and O–H groups in total. The average molecular weight is 291 g/mol. The molecule has 0 amide bonds. The Balaban J connectivity index is 2.17. The molecule has 0 aliphatic heterocycles. The third-order valence-electron chi connectivity index (χ3n) is 3.35. The Bertz CT molecular complexity index is 606. The standard InChI is InChI=1S/C15H18FN3S/c1-9-10(2)18-15(19-11(9)3)20-8-13-6-4-5-12(7-17)14(13)16/h4-6H,7-8,17H2,1-3H3. The first kappa shape index (κ1) is 14.9. The molecule has 1 aromatic heterocycles. The molecule has 0 radical (unpaired) electrons. The van der Waals surface area contributed by atoms with E-state index in [0.717, 1.165) is 17.0 Å². The quantitative estimate of drug-likeness (QED) is 0.693. The lowest BCUT2D eigenvalue weighted by Crippen LogP contribution is -2.02. The summed E-state index contributed by atoms with van der Waals surface area (Å²) in [6.07, 6.45) is 0. The van der Waals surface area contributed by atoms with E-state index in [1.807, 2.05) is 26.8 Å². The van der Waals surface area contributed by atoms with Crippen LogP contribution in [0, 0.1) is 26.6 Å². The van der Waals surface area contributed by atoms with Gasteiger partial charge in [-0.05, 0) is 31.9 Å². The highest BCUT2D eigenvalue weighted by atomic mass is 32.2. The highest BCUT2D eigenvalue weighted by Crippen LogP contribution is 2.24. The van der Waals surface area contributed by atoms with E-state index in [4.69, 9.17) is 5.73 Å². The maximum Gasteiger partial charge on any atom is 0.188 e. The van der Waals surface area contributed by atoms with Crippen LogP contribution in [0.15, 0.2) is 23.4 Å². The number of aryl methyl sites for hydroxylation is 2. The van der Waals surface area contributed by atoms with Gasteiger partial charge in [0, 0.05) is 29.2 Å². The molecule has 0 fully saturated rings. The van der Waals surface area contributed by atoms with Gasteiger partial charge in [-0.2, -0.15) is 0 Å². The van der Waals surface area contributed by atoms with Crippen molar-refractivity contribution in [3.05, 3.63) is 52.1 Å². The van der Waals surface area contributed by atoms with E-state index in [1.165, 1.54) is 11.8 Å². The number of nitrogens with two attached hydrogens (primary N) is 1. The fourth-order valence-corrected chi connectivity index (χ4v) is 2.76. The van der Waals surface area contributed by atoms with Crippen LogP contribution in [0.3, 0.4) is 0 Å². The van der Waals surface area contributed by atoms with Crippen LogP contribution in [0.25, 0.3) is 0 Å². The maximum absolute atomic E-state index is 14.1. The first-order valence-electron chi connectivity index (χ1n) is 6.44. The molecule has 0 unspecified atom stereocenters. The summed E-state index contributed by atoms with van der Waals surface area (Å²) in [5, 5.41) is 0.683. The zero-order chi connectivity index (χ0) is 14.7. The second kappa shape index (κ2) is 6.33. The molecule has 106 valence electrons. The minimum Gasteiger partial charge on any atom is -0.326 e. The van der Waals surface area contributed by atoms with Crippen LogP contribution < -0.4 is 5.73 Å². The van der Waals surface area contributed by atoms with Crippen molar-refractivity contribution in [2.24, 2.45) is 5.73 Å². The molecule has 0 saturated carbocycles. The smallest absolute Gasteiger partial charge is 0.188 e. The summed E-state index contributed by atoms with van der Waals surface area (Å²) in [5.74, 6) is 0.282. The van der Waals surface area contributed by atoms with Gasteiger partial charge < -0.3 is 5.73 Å². The van der Waals surface area contributed by atoms with Gasteiger partial charge in [0.25, 0.3) is 0 Å². The van der Waals surface area contributed by atoms with Gasteiger partial charge in [0.15, 0.2) is 5.16 Å². The van der Waals surface area contributed by atoms with E-state index < -0.39 is 0 Å². The van der Waals surface area contributed by atoms with E-state index in [9.17, 15) is 4.39 Å². The normalized spacial score (nSPS) is 10.8. The van der Waals surface area contributed by atoms with Crippen LogP contribution in [0.2, 0.25) is 0 Å². The van der Waals surface area contributed by atoms with E-state index in [-0.39, 0.29) is 12.4 Å². The van der Waals surface area contributed by atoms with Crippen molar-refractivity contribution in [3.63, 3.8) is 0 Å². The molecule has 0 atom stereocenters. The second-order valence-electron chi connectivity index (χ2n) is 4.69. The van der Waals surface area contributed by atoms with Crippen LogP contribution in [0.4, 0.5) is 4.39 Å². The lowest BCUT2D eigenvalue weighted by molar-refractivity contribution is 0.600. The fraction of sp³-hybridized carbons (Fsp3) is 0.333. The predicted molar refractivity (Wildman–Crippen MR) is 80.1 cm³/mol. The summed E-state index contributed by atoms with van der Waals surface area (Å²) in [6.45, 7) is 6.14. The number of hydrogen-bond donors (Lipinski definition) is 1. The summed E-state index contributed by atoms with van der Waals surface area (Å²) < 4.78 is 14.1. The minimum atomic E-state index is -0.219. The van der Waals surface area contributed by atoms with Gasteiger partial charge in [-0.1, -0.05) is 30.0 Å². The molecule has 0 aliphatic carbocycles. The first-order chi connectivity index (χ1) is 9.52. The summed E-state index contributed by atoms with van der Waals surface area (Å²) in [4.78, 5) is 8.85. The minimum absolute atomic E-state index is 0.212. The molecule has 0 aliphatic rings. The maximum atomic E-state index is 14.1. The molecular formula is C15H18FN3S. The van der Waals surface area contributed by atoms with E-state index in [2.05, 4.69) is 9.97 Å². The first-order valence-corrected chi connectivity index (χ1v) is 7.42. The van der Waals surface area contributed by atoms with Crippen molar-refractivity contribution in [1.29, 1.82) is 0 Å². The largest absolute Gasteiger partial charge is 0.326 e. The summed E-state index contributed by atoms with van der Waals surface area (Å²) in [5.41, 5.74) is 9.73. The van der Waals surface area contributed by atoms with Crippen LogP contribution >= 0.6 is 11.8 Å². The molecule has 0 saturated heterocycles. The van der Waals surface area contributed by atoms with Gasteiger partial charge >= 0.3 is 0 Å². The number of hydrogen-bond acceptors (Lipinski definition) is 4. The van der Waals surface area contributed by atoms with Gasteiger partial charge in [-0.3, -0.25) is 0 Å². The van der Waals surface area contributed by atoms with Crippen molar-refractivity contribution >= 4 is 11.8 Å². The lowest BCUT2D eigenvalue weighted by atomic mass is 10.1. The number of rotatable bonds is 4. The number of thioether (sulfide) groups is 1. The van der Waals surface area contributed by atoms with Crippen molar-refractivity contribution in [1.82, 2.24) is 9.97 Å². The van der Waals surface area contributed by atoms with Gasteiger partial charge in [-0.15, -0.1) is 0 Å². The Labute approximate surface area is 122 Å². The molecule has 20 heavy (non-hydrogen) atoms. The third-order valence-corrected chi connectivity index (χ3v) is 4.24. The Morgan fingerprint density at radius 1 is 1.10 bits per heavy atom. The van der Waals surface area contributed by atoms with Crippen LogP contribution in [0.5, 0.6) is 0 Å². The molecule has 2 rings (SSSR count). The number of aromatic nitrogens is 2. The second-order valence-corrected chi connectivity index (χ2v) is 5.63. The third kappa shape index (κ3) is 3.16.